The fourth-order valence-corrected chi connectivity index (χ4v) is 12.8. The van der Waals surface area contributed by atoms with Crippen molar-refractivity contribution in [3.8, 4) is 0 Å². The maximum absolute atomic E-state index is 13.4. The Labute approximate surface area is 579 Å². The molecule has 0 bridgehead atoms. The Kier molecular flexibility index (Phi) is 53.0. The topological polar surface area (TPSA) is 307 Å². The summed E-state index contributed by atoms with van der Waals surface area (Å²) in [5.74, 6) is -0.291. The van der Waals surface area contributed by atoms with Gasteiger partial charge in [-0.25, -0.2) is 0 Å². The normalized spacial score (nSPS) is 27.4. The largest absolute Gasteiger partial charge is 0.394 e. The highest BCUT2D eigenvalue weighted by atomic mass is 16.8. The van der Waals surface area contributed by atoms with Crippen molar-refractivity contribution in [2.45, 2.75) is 394 Å². The third-order valence-electron chi connectivity index (χ3n) is 19.0. The van der Waals surface area contributed by atoms with E-state index in [1.54, 1.807) is 6.08 Å². The number of carbonyl (C=O) groups excluding carboxylic acids is 1. The summed E-state index contributed by atoms with van der Waals surface area (Å²) in [4.78, 5) is 13.4. The maximum Gasteiger partial charge on any atom is 0.220 e. The SMILES string of the molecule is CCCCCCC/C=C\C/C=C\C/C=C\CCCCCCCCCCC(=O)NC(COC1OC(CO)C(OC2OC(CO)C(OC3OC(CO)C(O)C(O)C3O)C(O)C2O)C(O)C1O)C(O)/C=C/CC/C=C/CCCCCCCCCCCCCCCCCCCCCCCC. The van der Waals surface area contributed by atoms with Crippen molar-refractivity contribution in [2.24, 2.45) is 0 Å². The zero-order valence-corrected chi connectivity index (χ0v) is 59.6. The zero-order valence-electron chi connectivity index (χ0n) is 59.6. The lowest BCUT2D eigenvalue weighted by molar-refractivity contribution is -0.379. The first kappa shape index (κ1) is 87.7. The molecule has 0 aliphatic carbocycles. The molecule has 0 aromatic heterocycles. The highest BCUT2D eigenvalue weighted by Crippen LogP contribution is 2.33. The van der Waals surface area contributed by atoms with E-state index >= 15 is 0 Å². The van der Waals surface area contributed by atoms with Gasteiger partial charge in [-0.05, 0) is 70.6 Å². The minimum absolute atomic E-state index is 0.225. The summed E-state index contributed by atoms with van der Waals surface area (Å²) in [6.45, 7) is 1.73. The van der Waals surface area contributed by atoms with Gasteiger partial charge in [0, 0.05) is 6.42 Å². The summed E-state index contributed by atoms with van der Waals surface area (Å²) < 4.78 is 34.4. The second-order valence-corrected chi connectivity index (χ2v) is 27.5. The molecule has 96 heavy (non-hydrogen) atoms. The molecule has 19 nitrogen and oxygen atoms in total. The first-order valence-corrected chi connectivity index (χ1v) is 38.5. The molecule has 3 heterocycles. The van der Waals surface area contributed by atoms with Crippen molar-refractivity contribution >= 4 is 5.91 Å². The van der Waals surface area contributed by atoms with Gasteiger partial charge < -0.3 is 89.9 Å². The minimum Gasteiger partial charge on any atom is -0.394 e. The monoisotopic (exact) mass is 1370 g/mol. The average molecular weight is 1370 g/mol. The third kappa shape index (κ3) is 38.5. The van der Waals surface area contributed by atoms with E-state index in [0.717, 1.165) is 64.2 Å². The van der Waals surface area contributed by atoms with Crippen LogP contribution in [0.1, 0.15) is 290 Å². The fraction of sp³-hybridized carbons (Fsp3) is 0.857. The van der Waals surface area contributed by atoms with Gasteiger partial charge in [-0.15, -0.1) is 0 Å². The summed E-state index contributed by atoms with van der Waals surface area (Å²) >= 11 is 0. The summed E-state index contributed by atoms with van der Waals surface area (Å²) in [5, 5.41) is 121. The molecule has 17 atom stereocenters. The van der Waals surface area contributed by atoms with Gasteiger partial charge in [0.15, 0.2) is 18.9 Å². The highest BCUT2D eigenvalue weighted by molar-refractivity contribution is 5.76. The van der Waals surface area contributed by atoms with Crippen molar-refractivity contribution in [3.05, 3.63) is 60.8 Å². The first-order valence-electron chi connectivity index (χ1n) is 38.5. The summed E-state index contributed by atoms with van der Waals surface area (Å²) in [6.07, 6.45) is 46.3. The van der Waals surface area contributed by atoms with Crippen LogP contribution in [-0.4, -0.2) is 193 Å². The second kappa shape index (κ2) is 58.0. The standard InChI is InChI=1S/C77H139NO18/c1-3-5-7-9-11-13-15-17-19-21-23-25-27-28-29-30-31-33-34-36-38-40-42-44-46-48-50-52-54-61(82)60(78-65(83)55-53-51-49-47-45-43-41-39-37-35-32-26-24-22-20-18-16-14-12-10-8-6-4-2)59-91-75-71(89)68(86)73(63(57-80)93-75)96-77-72(90)69(87)74(64(58-81)94-77)95-76-70(88)67(85)66(84)62(56-79)92-76/h16,18,22,24,32,35,44,46,52,54,60-64,66-77,79-82,84-90H,3-15,17,19-21,23,25-31,33-34,36-43,45,47-51,53,55-59H2,1-2H3,(H,78,83)/b18-16-,24-22-,35-32-,46-44+,54-52+. The van der Waals surface area contributed by atoms with Crippen LogP contribution in [0.5, 0.6) is 0 Å². The Balaban J connectivity index is 1.42. The molecule has 3 rings (SSSR count). The molecule has 3 saturated heterocycles. The smallest absolute Gasteiger partial charge is 0.220 e. The lowest BCUT2D eigenvalue weighted by Crippen LogP contribution is -2.66. The first-order chi connectivity index (χ1) is 46.8. The predicted molar refractivity (Wildman–Crippen MR) is 379 cm³/mol. The number of hydrogen-bond donors (Lipinski definition) is 12. The molecular weight excluding hydrogens is 1230 g/mol. The van der Waals surface area contributed by atoms with Crippen molar-refractivity contribution in [3.63, 3.8) is 0 Å². The number of aliphatic hydroxyl groups is 11. The Hall–Kier alpha value is -2.51. The molecule has 17 unspecified atom stereocenters. The van der Waals surface area contributed by atoms with Crippen LogP contribution in [0.2, 0.25) is 0 Å². The number of rotatable bonds is 60. The number of nitrogens with one attached hydrogen (secondary N) is 1. The zero-order chi connectivity index (χ0) is 69.6. The molecule has 0 spiro atoms. The van der Waals surface area contributed by atoms with Crippen LogP contribution < -0.4 is 5.32 Å². The Bertz CT molecular complexity index is 1970. The molecule has 3 aliphatic rings. The maximum atomic E-state index is 13.4. The molecule has 12 N–H and O–H groups in total. The summed E-state index contributed by atoms with van der Waals surface area (Å²) in [6, 6.07) is -0.998. The van der Waals surface area contributed by atoms with Crippen LogP contribution >= 0.6 is 0 Å². The van der Waals surface area contributed by atoms with Gasteiger partial charge in [0.1, 0.15) is 73.2 Å². The third-order valence-corrected chi connectivity index (χ3v) is 19.0. The molecule has 0 aromatic rings. The average Bonchev–Trinajstić information content (AvgIpc) is 0.788. The molecule has 560 valence electrons. The fourth-order valence-electron chi connectivity index (χ4n) is 12.8. The van der Waals surface area contributed by atoms with Gasteiger partial charge >= 0.3 is 0 Å². The van der Waals surface area contributed by atoms with Gasteiger partial charge in [-0.2, -0.15) is 0 Å². The van der Waals surface area contributed by atoms with E-state index in [1.165, 1.54) is 193 Å². The molecule has 19 heteroatoms. The number of carbonyl (C=O) groups is 1. The van der Waals surface area contributed by atoms with Crippen LogP contribution in [0.4, 0.5) is 0 Å². The lowest BCUT2D eigenvalue weighted by atomic mass is 9.96. The van der Waals surface area contributed by atoms with Crippen LogP contribution in [0.25, 0.3) is 0 Å². The minimum atomic E-state index is -1.98. The Morgan fingerprint density at radius 2 is 0.698 bits per heavy atom. The van der Waals surface area contributed by atoms with Crippen molar-refractivity contribution in [1.82, 2.24) is 5.32 Å². The number of amides is 1. The molecular formula is C77H139NO18. The van der Waals surface area contributed by atoms with Crippen LogP contribution in [0.15, 0.2) is 60.8 Å². The number of unbranched alkanes of at least 4 members (excludes halogenated alkanes) is 36. The molecule has 1 amide bonds. The quantitative estimate of drug-likeness (QED) is 0.0199. The van der Waals surface area contributed by atoms with Crippen LogP contribution in [0, 0.1) is 0 Å². The highest BCUT2D eigenvalue weighted by Gasteiger charge is 2.53. The summed E-state index contributed by atoms with van der Waals surface area (Å²) in [7, 11) is 0. The Morgan fingerprint density at radius 3 is 1.11 bits per heavy atom. The van der Waals surface area contributed by atoms with Crippen molar-refractivity contribution < 1.29 is 89.4 Å². The molecule has 0 aromatic carbocycles. The molecule has 3 aliphatic heterocycles. The van der Waals surface area contributed by atoms with E-state index in [4.69, 9.17) is 28.4 Å². The second-order valence-electron chi connectivity index (χ2n) is 27.5. The number of hydrogen-bond acceptors (Lipinski definition) is 18. The van der Waals surface area contributed by atoms with Gasteiger partial charge in [-0.1, -0.05) is 274 Å². The van der Waals surface area contributed by atoms with E-state index in [2.05, 4.69) is 67.8 Å². The molecule has 0 saturated carbocycles. The van der Waals surface area contributed by atoms with Crippen molar-refractivity contribution in [1.29, 1.82) is 0 Å². The van der Waals surface area contributed by atoms with Crippen LogP contribution in [0.3, 0.4) is 0 Å². The molecule has 3 fully saturated rings. The van der Waals surface area contributed by atoms with E-state index in [0.29, 0.717) is 12.8 Å². The Morgan fingerprint density at radius 1 is 0.375 bits per heavy atom. The number of ether oxygens (including phenoxy) is 6. The number of aliphatic hydroxyl groups excluding tert-OH is 11. The van der Waals surface area contributed by atoms with Crippen LogP contribution in [-0.2, 0) is 33.2 Å². The summed E-state index contributed by atoms with van der Waals surface area (Å²) in [5.41, 5.74) is 0. The van der Waals surface area contributed by atoms with E-state index in [1.807, 2.05) is 6.08 Å². The van der Waals surface area contributed by atoms with E-state index < -0.39 is 124 Å². The molecule has 0 radical (unpaired) electrons. The van der Waals surface area contributed by atoms with Gasteiger partial charge in [-0.3, -0.25) is 4.79 Å². The van der Waals surface area contributed by atoms with Crippen molar-refractivity contribution in [2.75, 3.05) is 26.4 Å². The van der Waals surface area contributed by atoms with Gasteiger partial charge in [0.25, 0.3) is 0 Å². The van der Waals surface area contributed by atoms with Gasteiger partial charge in [0.2, 0.25) is 5.91 Å². The van der Waals surface area contributed by atoms with E-state index in [-0.39, 0.29) is 18.9 Å². The lowest BCUT2D eigenvalue weighted by Gasteiger charge is -2.48. The van der Waals surface area contributed by atoms with E-state index in [9.17, 15) is 61.0 Å². The van der Waals surface area contributed by atoms with Gasteiger partial charge in [0.05, 0.1) is 38.6 Å². The predicted octanol–water partition coefficient (Wildman–Crippen LogP) is 11.9. The number of allylic oxidation sites excluding steroid dienone is 9.